The van der Waals surface area contributed by atoms with Gasteiger partial charge in [-0.25, -0.2) is 4.98 Å². The monoisotopic (exact) mass is 404 g/mol. The number of hydrogen-bond donors (Lipinski definition) is 1. The summed E-state index contributed by atoms with van der Waals surface area (Å²) in [6.45, 7) is 9.92. The lowest BCUT2D eigenvalue weighted by atomic mass is 9.98. The predicted octanol–water partition coefficient (Wildman–Crippen LogP) is 3.47. The van der Waals surface area contributed by atoms with Crippen molar-refractivity contribution in [2.75, 3.05) is 13.1 Å². The maximum absolute atomic E-state index is 12.3. The Morgan fingerprint density at radius 3 is 2.48 bits per heavy atom. The largest absolute Gasteiger partial charge is 0.327 e. The van der Waals surface area contributed by atoms with E-state index in [0.717, 1.165) is 28.1 Å². The van der Waals surface area contributed by atoms with E-state index < -0.39 is 5.54 Å². The summed E-state index contributed by atoms with van der Waals surface area (Å²) in [5.74, 6) is 1.24. The smallest absolute Gasteiger partial charge is 0.237 e. The van der Waals surface area contributed by atoms with E-state index in [1.54, 1.807) is 0 Å². The maximum atomic E-state index is 12.3. The van der Waals surface area contributed by atoms with Crippen molar-refractivity contribution in [1.82, 2.24) is 14.5 Å². The molecule has 25 heavy (non-hydrogen) atoms. The molecule has 2 aromatic rings. The van der Waals surface area contributed by atoms with Crippen molar-refractivity contribution in [3.8, 4) is 11.3 Å². The van der Waals surface area contributed by atoms with Gasteiger partial charge in [0.05, 0.1) is 17.8 Å². The lowest BCUT2D eigenvalue weighted by molar-refractivity contribution is -0.137. The zero-order chi connectivity index (χ0) is 18.4. The molecule has 0 radical (unpaired) electrons. The van der Waals surface area contributed by atoms with Crippen LogP contribution in [0.5, 0.6) is 0 Å². The summed E-state index contributed by atoms with van der Waals surface area (Å²) in [7, 11) is 0. The first-order chi connectivity index (χ1) is 11.8. The number of carbonyl (C=O) groups excluding carboxylic acids is 1. The topological polar surface area (TPSA) is 64.2 Å². The van der Waals surface area contributed by atoms with E-state index in [1.807, 2.05) is 30.9 Å². The predicted molar refractivity (Wildman–Crippen MR) is 103 cm³/mol. The number of imidazole rings is 1. The third-order valence-electron chi connectivity index (χ3n) is 4.92. The van der Waals surface area contributed by atoms with Gasteiger partial charge < -0.3 is 15.2 Å². The normalized spacial score (nSPS) is 16.2. The lowest BCUT2D eigenvalue weighted by Crippen LogP contribution is -2.53. The Kier molecular flexibility index (Phi) is 4.77. The number of halogens is 1. The lowest BCUT2D eigenvalue weighted by Gasteiger charge is -2.42. The van der Waals surface area contributed by atoms with Crippen molar-refractivity contribution < 1.29 is 4.79 Å². The van der Waals surface area contributed by atoms with Crippen LogP contribution in [0.15, 0.2) is 28.7 Å². The van der Waals surface area contributed by atoms with Gasteiger partial charge in [0.25, 0.3) is 0 Å². The number of nitrogens with two attached hydrogens (primary N) is 1. The van der Waals surface area contributed by atoms with Crippen molar-refractivity contribution in [1.29, 1.82) is 0 Å². The van der Waals surface area contributed by atoms with Crippen LogP contribution in [0.1, 0.15) is 45.1 Å². The van der Waals surface area contributed by atoms with Crippen LogP contribution in [0.25, 0.3) is 11.3 Å². The molecule has 0 bridgehead atoms. The number of fused-ring (bicyclic) bond motifs is 1. The van der Waals surface area contributed by atoms with Crippen molar-refractivity contribution in [2.45, 2.75) is 45.7 Å². The van der Waals surface area contributed by atoms with E-state index in [2.05, 4.69) is 46.5 Å². The number of hydrogen-bond acceptors (Lipinski definition) is 3. The number of rotatable bonds is 3. The molecule has 5 nitrogen and oxygen atoms in total. The van der Waals surface area contributed by atoms with E-state index in [9.17, 15) is 4.79 Å². The molecule has 3 rings (SSSR count). The van der Waals surface area contributed by atoms with Crippen LogP contribution in [0.3, 0.4) is 0 Å². The van der Waals surface area contributed by atoms with E-state index in [0.29, 0.717) is 12.5 Å². The molecule has 0 atom stereocenters. The zero-order valence-electron chi connectivity index (χ0n) is 15.2. The third kappa shape index (κ3) is 3.02. The van der Waals surface area contributed by atoms with Crippen LogP contribution in [-0.2, 0) is 16.9 Å². The van der Waals surface area contributed by atoms with Gasteiger partial charge in [-0.1, -0.05) is 41.9 Å². The molecule has 1 aliphatic rings. The first kappa shape index (κ1) is 18.1. The standard InChI is InChI=1S/C19H25BrN4O/c1-12(2)17-16(13-5-7-14(20)8-6-13)22-18-19(3,4)24(15(25)11-21)10-9-23(17)18/h5-8,12H,9-11,21H2,1-4H3. The van der Waals surface area contributed by atoms with Crippen LogP contribution in [0.2, 0.25) is 0 Å². The first-order valence-corrected chi connectivity index (χ1v) is 9.44. The minimum atomic E-state index is -0.480. The third-order valence-corrected chi connectivity index (χ3v) is 5.44. The quantitative estimate of drug-likeness (QED) is 0.851. The summed E-state index contributed by atoms with van der Waals surface area (Å²) in [6, 6.07) is 8.24. The van der Waals surface area contributed by atoms with Crippen LogP contribution < -0.4 is 5.73 Å². The fourth-order valence-electron chi connectivity index (χ4n) is 3.71. The SMILES string of the molecule is CC(C)c1c(-c2ccc(Br)cc2)nc2n1CCN(C(=O)CN)C2(C)C. The number of nitrogens with zero attached hydrogens (tertiary/aromatic N) is 3. The molecule has 0 aliphatic carbocycles. The minimum Gasteiger partial charge on any atom is -0.327 e. The van der Waals surface area contributed by atoms with Gasteiger partial charge >= 0.3 is 0 Å². The molecule has 0 saturated heterocycles. The molecular formula is C19H25BrN4O. The van der Waals surface area contributed by atoms with Crippen molar-refractivity contribution in [2.24, 2.45) is 5.73 Å². The highest BCUT2D eigenvalue weighted by Crippen LogP contribution is 2.38. The molecule has 0 unspecified atom stereocenters. The highest BCUT2D eigenvalue weighted by atomic mass is 79.9. The second-order valence-corrected chi connectivity index (χ2v) is 8.21. The number of benzene rings is 1. The van der Waals surface area contributed by atoms with Gasteiger partial charge in [-0.3, -0.25) is 4.79 Å². The second-order valence-electron chi connectivity index (χ2n) is 7.29. The number of carbonyl (C=O) groups is 1. The summed E-state index contributed by atoms with van der Waals surface area (Å²) in [5.41, 5.74) is 8.46. The average molecular weight is 405 g/mol. The summed E-state index contributed by atoms with van der Waals surface area (Å²) in [4.78, 5) is 19.1. The summed E-state index contributed by atoms with van der Waals surface area (Å²) in [6.07, 6.45) is 0. The minimum absolute atomic E-state index is 0.0285. The van der Waals surface area contributed by atoms with Gasteiger partial charge in [0.2, 0.25) is 5.91 Å². The van der Waals surface area contributed by atoms with Gasteiger partial charge in [-0.05, 0) is 31.9 Å². The first-order valence-electron chi connectivity index (χ1n) is 8.64. The molecule has 0 spiro atoms. The van der Waals surface area contributed by atoms with Crippen LogP contribution in [-0.4, -0.2) is 33.4 Å². The molecule has 0 saturated carbocycles. The van der Waals surface area contributed by atoms with Gasteiger partial charge in [0.1, 0.15) is 5.82 Å². The van der Waals surface area contributed by atoms with Crippen LogP contribution in [0.4, 0.5) is 0 Å². The highest BCUT2D eigenvalue weighted by Gasteiger charge is 2.41. The summed E-state index contributed by atoms with van der Waals surface area (Å²) < 4.78 is 3.34. The molecule has 6 heteroatoms. The van der Waals surface area contributed by atoms with Gasteiger partial charge in [0.15, 0.2) is 0 Å². The Morgan fingerprint density at radius 1 is 1.28 bits per heavy atom. The van der Waals surface area contributed by atoms with E-state index in [-0.39, 0.29) is 12.5 Å². The van der Waals surface area contributed by atoms with Gasteiger partial charge in [0, 0.05) is 28.8 Å². The van der Waals surface area contributed by atoms with E-state index in [4.69, 9.17) is 10.7 Å². The summed E-state index contributed by atoms with van der Waals surface area (Å²) in [5, 5.41) is 0. The van der Waals surface area contributed by atoms with E-state index in [1.165, 1.54) is 5.69 Å². The highest BCUT2D eigenvalue weighted by molar-refractivity contribution is 9.10. The fourth-order valence-corrected chi connectivity index (χ4v) is 3.98. The van der Waals surface area contributed by atoms with E-state index >= 15 is 0 Å². The Balaban J connectivity index is 2.17. The fraction of sp³-hybridized carbons (Fsp3) is 0.474. The molecule has 134 valence electrons. The number of aromatic nitrogens is 2. The Bertz CT molecular complexity index is 793. The molecule has 0 fully saturated rings. The summed E-state index contributed by atoms with van der Waals surface area (Å²) >= 11 is 3.49. The van der Waals surface area contributed by atoms with Gasteiger partial charge in [-0.15, -0.1) is 0 Å². The van der Waals surface area contributed by atoms with Crippen LogP contribution >= 0.6 is 15.9 Å². The zero-order valence-corrected chi connectivity index (χ0v) is 16.8. The molecule has 2 heterocycles. The van der Waals surface area contributed by atoms with Crippen molar-refractivity contribution >= 4 is 21.8 Å². The molecule has 2 N–H and O–H groups in total. The molecule has 1 amide bonds. The molecule has 1 aromatic carbocycles. The Labute approximate surface area is 157 Å². The Hall–Kier alpha value is -1.66. The van der Waals surface area contributed by atoms with Gasteiger partial charge in [-0.2, -0.15) is 0 Å². The van der Waals surface area contributed by atoms with Crippen molar-refractivity contribution in [3.05, 3.63) is 40.3 Å². The molecular weight excluding hydrogens is 380 g/mol. The van der Waals surface area contributed by atoms with Crippen LogP contribution in [0, 0.1) is 0 Å². The van der Waals surface area contributed by atoms with Crippen molar-refractivity contribution in [3.63, 3.8) is 0 Å². The molecule has 1 aromatic heterocycles. The second kappa shape index (κ2) is 6.57. The Morgan fingerprint density at radius 2 is 1.92 bits per heavy atom. The molecule has 1 aliphatic heterocycles. The average Bonchev–Trinajstić information content (AvgIpc) is 2.96. The number of amides is 1. The maximum Gasteiger partial charge on any atom is 0.237 e.